The smallest absolute Gasteiger partial charge is 0.251 e. The molecule has 0 atom stereocenters. The van der Waals surface area contributed by atoms with Crippen LogP contribution in [0.1, 0.15) is 15.9 Å². The Morgan fingerprint density at radius 3 is 2.72 bits per heavy atom. The summed E-state index contributed by atoms with van der Waals surface area (Å²) in [4.78, 5) is 21.5. The summed E-state index contributed by atoms with van der Waals surface area (Å²) in [5.74, 6) is 0.478. The van der Waals surface area contributed by atoms with E-state index in [1.54, 1.807) is 24.4 Å². The lowest BCUT2D eigenvalue weighted by Crippen LogP contribution is -2.44. The molecule has 29 heavy (non-hydrogen) atoms. The third-order valence-electron chi connectivity index (χ3n) is 5.55. The molecule has 0 aliphatic carbocycles. The first-order valence-corrected chi connectivity index (χ1v) is 9.92. The number of fused-ring (bicyclic) bond motifs is 1. The van der Waals surface area contributed by atoms with Crippen molar-refractivity contribution in [2.24, 2.45) is 7.05 Å². The summed E-state index contributed by atoms with van der Waals surface area (Å²) in [6.07, 6.45) is 4.33. The quantitative estimate of drug-likeness (QED) is 0.721. The molecular weight excluding hydrogens is 369 g/mol. The number of rotatable bonds is 5. The van der Waals surface area contributed by atoms with Crippen molar-refractivity contribution in [2.45, 2.75) is 6.42 Å². The molecule has 1 fully saturated rings. The van der Waals surface area contributed by atoms with E-state index in [1.807, 2.05) is 23.9 Å². The standard InChI is InChI=1S/C22H26FN5O/c1-26-9-11-28(12-10-26)21-13-16(5-7-24-21)22(29)25-8-6-17-15-27(2)20-4-3-18(23)14-19(17)20/h3-5,7,13-15H,6,8-12H2,1-2H3,(H,25,29). The molecule has 1 N–H and O–H groups in total. The number of anilines is 1. The van der Waals surface area contributed by atoms with Crippen LogP contribution in [0.15, 0.2) is 42.7 Å². The maximum atomic E-state index is 13.6. The van der Waals surface area contributed by atoms with Crippen LogP contribution in [0.25, 0.3) is 10.9 Å². The van der Waals surface area contributed by atoms with Gasteiger partial charge in [0.05, 0.1) is 0 Å². The van der Waals surface area contributed by atoms with Crippen LogP contribution in [-0.2, 0) is 13.5 Å². The van der Waals surface area contributed by atoms with Gasteiger partial charge in [0.1, 0.15) is 11.6 Å². The van der Waals surface area contributed by atoms with Crippen LogP contribution in [0.3, 0.4) is 0 Å². The van der Waals surface area contributed by atoms with E-state index in [4.69, 9.17) is 0 Å². The van der Waals surface area contributed by atoms with Crippen molar-refractivity contribution >= 4 is 22.6 Å². The Hall–Kier alpha value is -2.93. The number of hydrogen-bond acceptors (Lipinski definition) is 4. The largest absolute Gasteiger partial charge is 0.354 e. The lowest BCUT2D eigenvalue weighted by molar-refractivity contribution is 0.0954. The molecule has 6 nitrogen and oxygen atoms in total. The van der Waals surface area contributed by atoms with Crippen LogP contribution in [-0.4, -0.2) is 60.1 Å². The van der Waals surface area contributed by atoms with E-state index in [0.717, 1.165) is 48.5 Å². The number of hydrogen-bond donors (Lipinski definition) is 1. The summed E-state index contributed by atoms with van der Waals surface area (Å²) in [5, 5.41) is 3.87. The summed E-state index contributed by atoms with van der Waals surface area (Å²) in [7, 11) is 4.05. The first-order valence-electron chi connectivity index (χ1n) is 9.92. The van der Waals surface area contributed by atoms with Crippen molar-refractivity contribution in [3.05, 3.63) is 59.7 Å². The highest BCUT2D eigenvalue weighted by Crippen LogP contribution is 2.22. The Morgan fingerprint density at radius 2 is 1.93 bits per heavy atom. The molecule has 3 heterocycles. The number of aryl methyl sites for hydroxylation is 1. The Kier molecular flexibility index (Phi) is 5.49. The van der Waals surface area contributed by atoms with Gasteiger partial charge in [0.2, 0.25) is 0 Å². The van der Waals surface area contributed by atoms with E-state index in [-0.39, 0.29) is 11.7 Å². The van der Waals surface area contributed by atoms with Crippen LogP contribution >= 0.6 is 0 Å². The van der Waals surface area contributed by atoms with E-state index < -0.39 is 0 Å². The first-order chi connectivity index (χ1) is 14.0. The minimum atomic E-state index is -0.248. The number of likely N-dealkylation sites (N-methyl/N-ethyl adjacent to an activating group) is 1. The van der Waals surface area contributed by atoms with Gasteiger partial charge >= 0.3 is 0 Å². The van der Waals surface area contributed by atoms with Crippen LogP contribution < -0.4 is 10.2 Å². The monoisotopic (exact) mass is 395 g/mol. The number of amides is 1. The number of carbonyl (C=O) groups is 1. The van der Waals surface area contributed by atoms with Gasteiger partial charge in [-0.15, -0.1) is 0 Å². The molecule has 0 spiro atoms. The highest BCUT2D eigenvalue weighted by atomic mass is 19.1. The van der Waals surface area contributed by atoms with Gasteiger partial charge < -0.3 is 19.7 Å². The van der Waals surface area contributed by atoms with Gasteiger partial charge in [0, 0.05) is 68.6 Å². The van der Waals surface area contributed by atoms with E-state index >= 15 is 0 Å². The summed E-state index contributed by atoms with van der Waals surface area (Å²) >= 11 is 0. The normalized spacial score (nSPS) is 15.1. The highest BCUT2D eigenvalue weighted by molar-refractivity contribution is 5.94. The van der Waals surface area contributed by atoms with Crippen molar-refractivity contribution in [3.63, 3.8) is 0 Å². The third kappa shape index (κ3) is 4.24. The second kappa shape index (κ2) is 8.21. The van der Waals surface area contributed by atoms with E-state index in [0.29, 0.717) is 18.5 Å². The number of aromatic nitrogens is 2. The third-order valence-corrected chi connectivity index (χ3v) is 5.55. The Labute approximate surface area is 169 Å². The molecule has 2 aromatic heterocycles. The summed E-state index contributed by atoms with van der Waals surface area (Å²) in [6, 6.07) is 8.40. The molecule has 3 aromatic rings. The van der Waals surface area contributed by atoms with Crippen molar-refractivity contribution in [1.29, 1.82) is 0 Å². The Morgan fingerprint density at radius 1 is 1.14 bits per heavy atom. The van der Waals surface area contributed by atoms with Crippen LogP contribution in [0.5, 0.6) is 0 Å². The number of nitrogens with zero attached hydrogens (tertiary/aromatic N) is 4. The molecule has 0 saturated carbocycles. The maximum Gasteiger partial charge on any atom is 0.251 e. The molecule has 1 aliphatic rings. The molecule has 1 aliphatic heterocycles. The summed E-state index contributed by atoms with van der Waals surface area (Å²) in [6.45, 7) is 4.28. The predicted octanol–water partition coefficient (Wildman–Crippen LogP) is 2.44. The molecule has 1 saturated heterocycles. The molecule has 0 radical (unpaired) electrons. The molecule has 4 rings (SSSR count). The zero-order valence-electron chi connectivity index (χ0n) is 16.9. The van der Waals surface area contributed by atoms with Gasteiger partial charge in [-0.05, 0) is 49.4 Å². The minimum absolute atomic E-state index is 0.116. The van der Waals surface area contributed by atoms with Gasteiger partial charge in [-0.25, -0.2) is 9.37 Å². The molecule has 7 heteroatoms. The average molecular weight is 395 g/mol. The highest BCUT2D eigenvalue weighted by Gasteiger charge is 2.17. The minimum Gasteiger partial charge on any atom is -0.354 e. The molecule has 152 valence electrons. The SMILES string of the molecule is CN1CCN(c2cc(C(=O)NCCc3cn(C)c4ccc(F)cc34)ccn2)CC1. The first kappa shape index (κ1) is 19.4. The zero-order chi connectivity index (χ0) is 20.4. The fourth-order valence-electron chi connectivity index (χ4n) is 3.83. The van der Waals surface area contributed by atoms with E-state index in [2.05, 4.69) is 27.1 Å². The lowest BCUT2D eigenvalue weighted by atomic mass is 10.1. The molecular formula is C22H26FN5O. The predicted molar refractivity (Wildman–Crippen MR) is 113 cm³/mol. The van der Waals surface area contributed by atoms with Gasteiger partial charge in [-0.2, -0.15) is 0 Å². The molecule has 1 aromatic carbocycles. The number of carbonyl (C=O) groups excluding carboxylic acids is 1. The zero-order valence-corrected chi connectivity index (χ0v) is 16.9. The molecule has 1 amide bonds. The summed E-state index contributed by atoms with van der Waals surface area (Å²) < 4.78 is 15.6. The topological polar surface area (TPSA) is 53.4 Å². The van der Waals surface area contributed by atoms with E-state index in [9.17, 15) is 9.18 Å². The van der Waals surface area contributed by atoms with E-state index in [1.165, 1.54) is 6.07 Å². The van der Waals surface area contributed by atoms with Gasteiger partial charge in [-0.3, -0.25) is 4.79 Å². The molecule has 0 unspecified atom stereocenters. The summed E-state index contributed by atoms with van der Waals surface area (Å²) in [5.41, 5.74) is 2.62. The average Bonchev–Trinajstić information content (AvgIpc) is 3.03. The van der Waals surface area contributed by atoms with Crippen molar-refractivity contribution in [2.75, 3.05) is 44.7 Å². The Balaban J connectivity index is 1.39. The van der Waals surface area contributed by atoms with Gasteiger partial charge in [-0.1, -0.05) is 0 Å². The number of halogens is 1. The maximum absolute atomic E-state index is 13.6. The Bertz CT molecular complexity index is 1020. The fraction of sp³-hybridized carbons (Fsp3) is 0.364. The number of benzene rings is 1. The van der Waals surface area contributed by atoms with Gasteiger partial charge in [0.25, 0.3) is 5.91 Å². The van der Waals surface area contributed by atoms with Crippen molar-refractivity contribution in [3.8, 4) is 0 Å². The number of pyridine rings is 1. The van der Waals surface area contributed by atoms with Crippen molar-refractivity contribution in [1.82, 2.24) is 19.8 Å². The molecule has 0 bridgehead atoms. The lowest BCUT2D eigenvalue weighted by Gasteiger charge is -2.33. The van der Waals surface area contributed by atoms with Crippen molar-refractivity contribution < 1.29 is 9.18 Å². The van der Waals surface area contributed by atoms with Crippen LogP contribution in [0.2, 0.25) is 0 Å². The fourth-order valence-corrected chi connectivity index (χ4v) is 3.83. The number of nitrogens with one attached hydrogen (secondary N) is 1. The van der Waals surface area contributed by atoms with Gasteiger partial charge in [0.15, 0.2) is 0 Å². The van der Waals surface area contributed by atoms with Crippen LogP contribution in [0.4, 0.5) is 10.2 Å². The van der Waals surface area contributed by atoms with Crippen LogP contribution in [0, 0.1) is 5.82 Å². The second-order valence-electron chi connectivity index (χ2n) is 7.63. The second-order valence-corrected chi connectivity index (χ2v) is 7.63. The number of piperazine rings is 1.